The van der Waals surface area contributed by atoms with Crippen molar-refractivity contribution in [3.8, 4) is 17.2 Å². The average Bonchev–Trinajstić information content (AvgIpc) is 2.84. The highest BCUT2D eigenvalue weighted by atomic mass is 32.2. The predicted octanol–water partition coefficient (Wildman–Crippen LogP) is 6.01. The third-order valence-electron chi connectivity index (χ3n) is 5.67. The van der Waals surface area contributed by atoms with E-state index in [1.807, 2.05) is 25.1 Å². The molecule has 2 rings (SSSR count). The fourth-order valence-corrected chi connectivity index (χ4v) is 4.16. The third-order valence-corrected chi connectivity index (χ3v) is 6.28. The third kappa shape index (κ3) is 8.55. The Labute approximate surface area is 218 Å². The number of carbonyl (C=O) groups excluding carboxylic acids is 1. The highest BCUT2D eigenvalue weighted by Gasteiger charge is 2.20. The molecule has 9 heteroatoms. The molecule has 2 amide bonds. The molecule has 0 fully saturated rings. The standard InChI is InChI=1S/C27H38N2O6S/c1-17(2)8-7-12-35-25-16-22(21(26(30)31)15-24(25)34-5)29-27(32)28-18(3)20-14-19(11-13-36-6)9-10-23(20)33-4/h9-10,14-18H,7-8,11-13H2,1-6H3,(H,30,31)(H2,28,29,32)/t18-/m0/s1. The average molecular weight is 519 g/mol. The molecule has 2 aromatic carbocycles. The Morgan fingerprint density at radius 2 is 1.75 bits per heavy atom. The summed E-state index contributed by atoms with van der Waals surface area (Å²) in [6, 6.07) is 7.87. The van der Waals surface area contributed by atoms with E-state index < -0.39 is 12.0 Å². The lowest BCUT2D eigenvalue weighted by atomic mass is 10.0. The van der Waals surface area contributed by atoms with Gasteiger partial charge in [0, 0.05) is 17.7 Å². The van der Waals surface area contributed by atoms with Crippen molar-refractivity contribution >= 4 is 29.4 Å². The Morgan fingerprint density at radius 1 is 1.03 bits per heavy atom. The van der Waals surface area contributed by atoms with Crippen LogP contribution >= 0.6 is 11.8 Å². The van der Waals surface area contributed by atoms with Crippen LogP contribution in [0.1, 0.15) is 61.1 Å². The number of amides is 2. The van der Waals surface area contributed by atoms with E-state index in [9.17, 15) is 14.7 Å². The maximum Gasteiger partial charge on any atom is 0.337 e. The molecule has 0 aliphatic carbocycles. The maximum atomic E-state index is 12.9. The molecule has 0 saturated heterocycles. The normalized spacial score (nSPS) is 11.6. The predicted molar refractivity (Wildman–Crippen MR) is 145 cm³/mol. The number of aromatic carboxylic acids is 1. The van der Waals surface area contributed by atoms with Crippen LogP contribution in [0.5, 0.6) is 17.2 Å². The zero-order valence-electron chi connectivity index (χ0n) is 22.0. The van der Waals surface area contributed by atoms with Crippen molar-refractivity contribution in [1.29, 1.82) is 0 Å². The molecule has 0 saturated carbocycles. The van der Waals surface area contributed by atoms with E-state index in [0.717, 1.165) is 36.1 Å². The summed E-state index contributed by atoms with van der Waals surface area (Å²) >= 11 is 1.77. The van der Waals surface area contributed by atoms with Crippen molar-refractivity contribution in [2.75, 3.05) is 38.2 Å². The lowest BCUT2D eigenvalue weighted by Gasteiger charge is -2.20. The summed E-state index contributed by atoms with van der Waals surface area (Å²) in [6.07, 6.45) is 4.82. The number of methoxy groups -OCH3 is 2. The minimum Gasteiger partial charge on any atom is -0.496 e. The first-order valence-corrected chi connectivity index (χ1v) is 13.4. The van der Waals surface area contributed by atoms with Crippen molar-refractivity contribution in [1.82, 2.24) is 5.32 Å². The van der Waals surface area contributed by atoms with Crippen molar-refractivity contribution in [2.24, 2.45) is 5.92 Å². The van der Waals surface area contributed by atoms with Gasteiger partial charge in [-0.15, -0.1) is 0 Å². The number of urea groups is 1. The van der Waals surface area contributed by atoms with Gasteiger partial charge in [0.15, 0.2) is 11.5 Å². The number of benzene rings is 2. The summed E-state index contributed by atoms with van der Waals surface area (Å²) in [6.45, 7) is 6.58. The maximum absolute atomic E-state index is 12.9. The number of hydrogen-bond donors (Lipinski definition) is 3. The summed E-state index contributed by atoms with van der Waals surface area (Å²) in [5, 5.41) is 15.3. The van der Waals surface area contributed by atoms with E-state index >= 15 is 0 Å². The molecule has 0 aliphatic heterocycles. The largest absolute Gasteiger partial charge is 0.496 e. The Bertz CT molecular complexity index is 1030. The molecular weight excluding hydrogens is 480 g/mol. The highest BCUT2D eigenvalue weighted by molar-refractivity contribution is 7.98. The van der Waals surface area contributed by atoms with Gasteiger partial charge in [0.25, 0.3) is 0 Å². The van der Waals surface area contributed by atoms with Gasteiger partial charge in [0.05, 0.1) is 38.1 Å². The molecule has 2 aromatic rings. The van der Waals surface area contributed by atoms with E-state index in [4.69, 9.17) is 14.2 Å². The number of hydrogen-bond acceptors (Lipinski definition) is 6. The minimum absolute atomic E-state index is 0.0965. The monoisotopic (exact) mass is 518 g/mol. The van der Waals surface area contributed by atoms with Crippen molar-refractivity contribution in [2.45, 2.75) is 46.1 Å². The fourth-order valence-electron chi connectivity index (χ4n) is 3.72. The number of ether oxygens (including phenoxy) is 3. The number of carboxylic acids is 1. The number of thioether (sulfide) groups is 1. The topological polar surface area (TPSA) is 106 Å². The van der Waals surface area contributed by atoms with Crippen LogP contribution in [-0.2, 0) is 6.42 Å². The van der Waals surface area contributed by atoms with Crippen LogP contribution in [0.25, 0.3) is 0 Å². The SMILES string of the molecule is COc1cc(C(=O)O)c(NC(=O)N[C@@H](C)c2cc(CCSC)ccc2OC)cc1OCCCC(C)C. The summed E-state index contributed by atoms with van der Waals surface area (Å²) < 4.78 is 16.7. The molecule has 198 valence electrons. The van der Waals surface area contributed by atoms with E-state index in [1.54, 1.807) is 18.9 Å². The van der Waals surface area contributed by atoms with Crippen LogP contribution in [0.15, 0.2) is 30.3 Å². The summed E-state index contributed by atoms with van der Waals surface area (Å²) in [7, 11) is 3.04. The lowest BCUT2D eigenvalue weighted by molar-refractivity contribution is 0.0697. The second kappa shape index (κ2) is 14.5. The van der Waals surface area contributed by atoms with E-state index in [0.29, 0.717) is 29.8 Å². The van der Waals surface area contributed by atoms with Crippen LogP contribution in [0.2, 0.25) is 0 Å². The van der Waals surface area contributed by atoms with Gasteiger partial charge in [-0.3, -0.25) is 0 Å². The highest BCUT2D eigenvalue weighted by Crippen LogP contribution is 2.34. The van der Waals surface area contributed by atoms with Crippen molar-refractivity contribution in [3.63, 3.8) is 0 Å². The van der Waals surface area contributed by atoms with Gasteiger partial charge in [-0.05, 0) is 55.7 Å². The molecule has 1 atom stereocenters. The summed E-state index contributed by atoms with van der Waals surface area (Å²) in [4.78, 5) is 24.8. The molecular formula is C27H38N2O6S. The lowest BCUT2D eigenvalue weighted by Crippen LogP contribution is -2.32. The van der Waals surface area contributed by atoms with Gasteiger partial charge in [-0.25, -0.2) is 9.59 Å². The Morgan fingerprint density at radius 3 is 2.36 bits per heavy atom. The number of nitrogens with one attached hydrogen (secondary N) is 2. The van der Waals surface area contributed by atoms with Gasteiger partial charge in [-0.1, -0.05) is 26.0 Å². The van der Waals surface area contributed by atoms with Crippen molar-refractivity contribution in [3.05, 3.63) is 47.0 Å². The van der Waals surface area contributed by atoms with E-state index in [2.05, 4.69) is 30.7 Å². The second-order valence-electron chi connectivity index (χ2n) is 8.88. The minimum atomic E-state index is -1.19. The number of aryl methyl sites for hydroxylation is 1. The molecule has 0 aliphatic rings. The van der Waals surface area contributed by atoms with Gasteiger partial charge < -0.3 is 30.0 Å². The molecule has 0 unspecified atom stereocenters. The molecule has 3 N–H and O–H groups in total. The van der Waals surface area contributed by atoms with Gasteiger partial charge >= 0.3 is 12.0 Å². The first-order chi connectivity index (χ1) is 17.2. The molecule has 0 heterocycles. The number of anilines is 1. The van der Waals surface area contributed by atoms with Gasteiger partial charge in [0.2, 0.25) is 0 Å². The number of carbonyl (C=O) groups is 2. The molecule has 0 aromatic heterocycles. The van der Waals surface area contributed by atoms with Gasteiger partial charge in [0.1, 0.15) is 5.75 Å². The first kappa shape index (κ1) is 29.2. The molecule has 36 heavy (non-hydrogen) atoms. The Balaban J connectivity index is 2.21. The zero-order chi connectivity index (χ0) is 26.7. The van der Waals surface area contributed by atoms with Crippen LogP contribution < -0.4 is 24.8 Å². The van der Waals surface area contributed by atoms with E-state index in [-0.39, 0.29) is 17.3 Å². The molecule has 0 spiro atoms. The molecule has 0 bridgehead atoms. The summed E-state index contributed by atoms with van der Waals surface area (Å²) in [5.74, 6) is 1.69. The Hall–Kier alpha value is -3.07. The summed E-state index contributed by atoms with van der Waals surface area (Å²) in [5.41, 5.74) is 2.01. The van der Waals surface area contributed by atoms with Crippen molar-refractivity contribution < 1.29 is 28.9 Å². The number of rotatable bonds is 14. The van der Waals surface area contributed by atoms with Crippen LogP contribution in [0.3, 0.4) is 0 Å². The van der Waals surface area contributed by atoms with Crippen LogP contribution in [0.4, 0.5) is 10.5 Å². The first-order valence-electron chi connectivity index (χ1n) is 12.0. The molecule has 8 nitrogen and oxygen atoms in total. The van der Waals surface area contributed by atoms with Crippen LogP contribution in [0, 0.1) is 5.92 Å². The smallest absolute Gasteiger partial charge is 0.337 e. The van der Waals surface area contributed by atoms with E-state index in [1.165, 1.54) is 19.2 Å². The Kier molecular flexibility index (Phi) is 11.7. The van der Waals surface area contributed by atoms with Gasteiger partial charge in [-0.2, -0.15) is 11.8 Å². The zero-order valence-corrected chi connectivity index (χ0v) is 22.8. The quantitative estimate of drug-likeness (QED) is 0.263. The van der Waals surface area contributed by atoms with Crippen LogP contribution in [-0.4, -0.2) is 49.9 Å². The molecule has 0 radical (unpaired) electrons. The number of carboxylic acid groups (broad SMARTS) is 1. The second-order valence-corrected chi connectivity index (χ2v) is 9.86. The fraction of sp³-hybridized carbons (Fsp3) is 0.481.